The molecule has 9 nitrogen and oxygen atoms in total. The van der Waals surface area contributed by atoms with E-state index < -0.39 is 10.0 Å². The van der Waals surface area contributed by atoms with Gasteiger partial charge >= 0.3 is 0 Å². The summed E-state index contributed by atoms with van der Waals surface area (Å²) in [6.45, 7) is 0. The molecular weight excluding hydrogens is 360 g/mol. The van der Waals surface area contributed by atoms with Crippen LogP contribution < -0.4 is 14.4 Å². The number of anilines is 2. The van der Waals surface area contributed by atoms with Gasteiger partial charge < -0.3 is 4.74 Å². The number of hydrogen-bond acceptors (Lipinski definition) is 7. The van der Waals surface area contributed by atoms with Crippen LogP contribution in [-0.4, -0.2) is 37.3 Å². The van der Waals surface area contributed by atoms with Crippen LogP contribution in [0.2, 0.25) is 0 Å². The highest BCUT2D eigenvalue weighted by Gasteiger charge is 2.30. The van der Waals surface area contributed by atoms with Crippen molar-refractivity contribution in [2.45, 2.75) is 24.2 Å². The summed E-state index contributed by atoms with van der Waals surface area (Å²) >= 11 is 0. The fourth-order valence-electron chi connectivity index (χ4n) is 2.58. The zero-order valence-corrected chi connectivity index (χ0v) is 14.7. The fourth-order valence-corrected chi connectivity index (χ4v) is 3.73. The van der Waals surface area contributed by atoms with Gasteiger partial charge in [-0.2, -0.15) is 0 Å². The van der Waals surface area contributed by atoms with Gasteiger partial charge in [-0.3, -0.25) is 14.5 Å². The normalized spacial score (nSPS) is 15.0. The molecule has 1 saturated heterocycles. The molecule has 0 spiro atoms. The summed E-state index contributed by atoms with van der Waals surface area (Å²) in [5.41, 5.74) is 0.176. The fraction of sp³-hybridized carbons (Fsp3) is 0.250. The van der Waals surface area contributed by atoms with Crippen molar-refractivity contribution in [1.29, 1.82) is 0 Å². The third-order valence-corrected chi connectivity index (χ3v) is 5.12. The number of nitrogens with zero attached hydrogens (tertiary/aromatic N) is 3. The molecule has 2 heterocycles. The maximum Gasteiger partial charge on any atom is 0.267 e. The minimum Gasteiger partial charge on any atom is -0.495 e. The van der Waals surface area contributed by atoms with Crippen molar-refractivity contribution in [2.24, 2.45) is 0 Å². The van der Waals surface area contributed by atoms with Crippen LogP contribution >= 0.6 is 0 Å². The number of piperidine rings is 1. The van der Waals surface area contributed by atoms with E-state index in [1.54, 1.807) is 6.07 Å². The molecule has 1 aromatic heterocycles. The Labute approximate surface area is 150 Å². The Morgan fingerprint density at radius 1 is 1.12 bits per heavy atom. The first-order chi connectivity index (χ1) is 12.4. The summed E-state index contributed by atoms with van der Waals surface area (Å²) in [6, 6.07) is 5.64. The molecule has 3 rings (SSSR count). The Morgan fingerprint density at radius 2 is 1.77 bits per heavy atom. The number of carbonyl (C=O) groups excluding carboxylic acids is 2. The molecule has 0 radical (unpaired) electrons. The monoisotopic (exact) mass is 376 g/mol. The summed E-state index contributed by atoms with van der Waals surface area (Å²) in [4.78, 5) is 32.6. The van der Waals surface area contributed by atoms with E-state index in [4.69, 9.17) is 4.74 Å². The molecule has 0 bridgehead atoms. The van der Waals surface area contributed by atoms with E-state index in [0.717, 1.165) is 4.90 Å². The van der Waals surface area contributed by atoms with E-state index in [1.165, 1.54) is 37.7 Å². The van der Waals surface area contributed by atoms with Crippen molar-refractivity contribution in [3.05, 3.63) is 36.7 Å². The lowest BCUT2D eigenvalue weighted by Crippen LogP contribution is -2.40. The van der Waals surface area contributed by atoms with Gasteiger partial charge in [0.25, 0.3) is 10.0 Å². The van der Waals surface area contributed by atoms with Crippen LogP contribution in [0, 0.1) is 0 Å². The van der Waals surface area contributed by atoms with E-state index in [2.05, 4.69) is 14.7 Å². The average Bonchev–Trinajstić information content (AvgIpc) is 2.62. The van der Waals surface area contributed by atoms with E-state index in [9.17, 15) is 18.0 Å². The molecule has 10 heteroatoms. The predicted octanol–water partition coefficient (Wildman–Crippen LogP) is 1.33. The summed E-state index contributed by atoms with van der Waals surface area (Å²) in [5.74, 6) is -0.776. The molecule has 1 aliphatic rings. The number of methoxy groups -OCH3 is 1. The minimum absolute atomic E-state index is 0.0640. The Hall–Kier alpha value is -3.01. The molecule has 2 aromatic rings. The first-order valence-electron chi connectivity index (χ1n) is 7.76. The maximum absolute atomic E-state index is 12.7. The topological polar surface area (TPSA) is 119 Å². The highest BCUT2D eigenvalue weighted by Crippen LogP contribution is 2.31. The first-order valence-corrected chi connectivity index (χ1v) is 9.24. The van der Waals surface area contributed by atoms with Gasteiger partial charge in [-0.25, -0.2) is 23.1 Å². The largest absolute Gasteiger partial charge is 0.495 e. The van der Waals surface area contributed by atoms with Gasteiger partial charge in [-0.05, 0) is 30.7 Å². The summed E-state index contributed by atoms with van der Waals surface area (Å²) in [7, 11) is -2.78. The van der Waals surface area contributed by atoms with E-state index in [1.807, 2.05) is 0 Å². The van der Waals surface area contributed by atoms with Crippen molar-refractivity contribution in [1.82, 2.24) is 9.97 Å². The van der Waals surface area contributed by atoms with Gasteiger partial charge in [0.15, 0.2) is 0 Å². The lowest BCUT2D eigenvalue weighted by molar-refractivity contribution is -0.129. The molecule has 0 aliphatic carbocycles. The molecule has 2 amide bonds. The zero-order chi connectivity index (χ0) is 18.7. The van der Waals surface area contributed by atoms with E-state index >= 15 is 0 Å². The Morgan fingerprint density at radius 3 is 2.38 bits per heavy atom. The van der Waals surface area contributed by atoms with Gasteiger partial charge in [0.05, 0.1) is 12.8 Å². The Bertz CT molecular complexity index is 930. The van der Waals surface area contributed by atoms with Gasteiger partial charge in [0.2, 0.25) is 17.8 Å². The molecule has 1 aliphatic heterocycles. The van der Waals surface area contributed by atoms with E-state index in [-0.39, 0.29) is 46.9 Å². The van der Waals surface area contributed by atoms with Crippen LogP contribution in [0.3, 0.4) is 0 Å². The van der Waals surface area contributed by atoms with Crippen molar-refractivity contribution >= 4 is 33.5 Å². The van der Waals surface area contributed by atoms with E-state index in [0.29, 0.717) is 6.42 Å². The highest BCUT2D eigenvalue weighted by atomic mass is 32.2. The third-order valence-electron chi connectivity index (χ3n) is 3.77. The number of rotatable bonds is 5. The van der Waals surface area contributed by atoms with Crippen LogP contribution in [-0.2, 0) is 19.6 Å². The molecule has 0 unspecified atom stereocenters. The lowest BCUT2D eigenvalue weighted by atomic mass is 10.1. The number of sulfonamides is 1. The molecule has 0 saturated carbocycles. The van der Waals surface area contributed by atoms with Crippen LogP contribution in [0.5, 0.6) is 5.75 Å². The van der Waals surface area contributed by atoms with Crippen molar-refractivity contribution in [3.63, 3.8) is 0 Å². The van der Waals surface area contributed by atoms with Crippen LogP contribution in [0.25, 0.3) is 0 Å². The number of carbonyl (C=O) groups is 2. The summed E-state index contributed by atoms with van der Waals surface area (Å²) in [6.07, 6.45) is 3.74. The number of aromatic nitrogens is 2. The van der Waals surface area contributed by atoms with Gasteiger partial charge in [-0.15, -0.1) is 0 Å². The second kappa shape index (κ2) is 7.08. The number of ether oxygens (including phenoxy) is 1. The molecular formula is C16H16N4O5S. The van der Waals surface area contributed by atoms with Crippen LogP contribution in [0.15, 0.2) is 41.6 Å². The van der Waals surface area contributed by atoms with Gasteiger partial charge in [-0.1, -0.05) is 0 Å². The van der Waals surface area contributed by atoms with Crippen molar-refractivity contribution in [3.8, 4) is 5.75 Å². The molecule has 1 aromatic carbocycles. The number of benzene rings is 1. The number of nitrogens with one attached hydrogen (secondary N) is 1. The zero-order valence-electron chi connectivity index (χ0n) is 13.9. The molecule has 0 atom stereocenters. The maximum atomic E-state index is 12.7. The van der Waals surface area contributed by atoms with Crippen LogP contribution in [0.1, 0.15) is 19.3 Å². The molecule has 136 valence electrons. The predicted molar refractivity (Wildman–Crippen MR) is 92.2 cm³/mol. The van der Waals surface area contributed by atoms with Gasteiger partial charge in [0, 0.05) is 25.2 Å². The van der Waals surface area contributed by atoms with Crippen LogP contribution in [0.4, 0.5) is 11.6 Å². The second-order valence-corrected chi connectivity index (χ2v) is 7.14. The molecule has 26 heavy (non-hydrogen) atoms. The molecule has 1 N–H and O–H groups in total. The average molecular weight is 376 g/mol. The quantitative estimate of drug-likeness (QED) is 0.782. The van der Waals surface area contributed by atoms with Gasteiger partial charge in [0.1, 0.15) is 10.6 Å². The number of amides is 2. The highest BCUT2D eigenvalue weighted by molar-refractivity contribution is 7.92. The Balaban J connectivity index is 2.03. The summed E-state index contributed by atoms with van der Waals surface area (Å²) in [5, 5.41) is 0. The second-order valence-electron chi connectivity index (χ2n) is 5.49. The SMILES string of the molecule is COc1ccc(N2C(=O)CCCC2=O)cc1S(=O)(=O)Nc1ncccn1. The third kappa shape index (κ3) is 3.49. The molecule has 1 fully saturated rings. The smallest absolute Gasteiger partial charge is 0.267 e. The van der Waals surface area contributed by atoms with Crippen molar-refractivity contribution < 1.29 is 22.7 Å². The number of imide groups is 1. The lowest BCUT2D eigenvalue weighted by Gasteiger charge is -2.25. The van der Waals surface area contributed by atoms with Crippen molar-refractivity contribution in [2.75, 3.05) is 16.7 Å². The first kappa shape index (κ1) is 17.8. The standard InChI is InChI=1S/C16H16N4O5S/c1-25-12-7-6-11(20-14(21)4-2-5-15(20)22)10-13(12)26(23,24)19-16-17-8-3-9-18-16/h3,6-10H,2,4-5H2,1H3,(H,17,18,19). The minimum atomic E-state index is -4.10. The Kier molecular flexibility index (Phi) is 4.85. The summed E-state index contributed by atoms with van der Waals surface area (Å²) < 4.78 is 32.8. The number of hydrogen-bond donors (Lipinski definition) is 1.